The van der Waals surface area contributed by atoms with Gasteiger partial charge in [-0.1, -0.05) is 17.3 Å². The molecule has 1 aliphatic rings. The molecule has 2 heterocycles. The molecular weight excluding hydrogens is 296 g/mol. The molecule has 7 nitrogen and oxygen atoms in total. The van der Waals surface area contributed by atoms with Crippen LogP contribution in [0.3, 0.4) is 0 Å². The van der Waals surface area contributed by atoms with Crippen LogP contribution < -0.4 is 9.64 Å². The van der Waals surface area contributed by atoms with Crippen LogP contribution in [0.1, 0.15) is 24.6 Å². The Balaban J connectivity index is 1.77. The normalized spacial score (nSPS) is 17.7. The maximum Gasteiger partial charge on any atom is 0.252 e. The number of carbonyl (C=O) groups excluding carboxylic acids is 1. The van der Waals surface area contributed by atoms with E-state index in [-0.39, 0.29) is 18.6 Å². The van der Waals surface area contributed by atoms with Crippen molar-refractivity contribution in [2.45, 2.75) is 25.3 Å². The molecule has 1 aromatic heterocycles. The summed E-state index contributed by atoms with van der Waals surface area (Å²) < 4.78 is 6.97. The number of aliphatic hydroxyl groups excluding tert-OH is 1. The summed E-state index contributed by atoms with van der Waals surface area (Å²) in [5.74, 6) is 0.678. The minimum absolute atomic E-state index is 0.00638. The number of nitrogens with zero attached hydrogens (tertiary/aromatic N) is 4. The van der Waals surface area contributed by atoms with Crippen molar-refractivity contribution in [1.82, 2.24) is 15.0 Å². The van der Waals surface area contributed by atoms with Gasteiger partial charge in [0.25, 0.3) is 5.91 Å². The van der Waals surface area contributed by atoms with E-state index in [4.69, 9.17) is 9.84 Å². The number of carbonyl (C=O) groups is 1. The summed E-state index contributed by atoms with van der Waals surface area (Å²) in [5.41, 5.74) is 1.57. The fraction of sp³-hybridized carbons (Fsp3) is 0.438. The lowest BCUT2D eigenvalue weighted by atomic mass is 10.2. The van der Waals surface area contributed by atoms with Gasteiger partial charge < -0.3 is 14.7 Å². The van der Waals surface area contributed by atoms with Crippen molar-refractivity contribution in [3.8, 4) is 5.75 Å². The number of amides is 1. The van der Waals surface area contributed by atoms with Gasteiger partial charge in [-0.3, -0.25) is 4.79 Å². The molecule has 122 valence electrons. The number of hydrogen-bond donors (Lipinski definition) is 1. The second-order valence-corrected chi connectivity index (χ2v) is 5.48. The molecule has 0 radical (unpaired) electrons. The number of para-hydroxylation sites is 2. The van der Waals surface area contributed by atoms with Gasteiger partial charge >= 0.3 is 0 Å². The maximum absolute atomic E-state index is 12.7. The third-order valence-corrected chi connectivity index (χ3v) is 4.02. The average Bonchev–Trinajstić information content (AvgIpc) is 3.19. The number of ether oxygens (including phenoxy) is 1. The molecule has 1 fully saturated rings. The van der Waals surface area contributed by atoms with Gasteiger partial charge in [0.05, 0.1) is 18.5 Å². The van der Waals surface area contributed by atoms with E-state index < -0.39 is 0 Å². The summed E-state index contributed by atoms with van der Waals surface area (Å²) in [6.07, 6.45) is 3.78. The number of aryl methyl sites for hydroxylation is 1. The smallest absolute Gasteiger partial charge is 0.252 e. The van der Waals surface area contributed by atoms with E-state index in [1.54, 1.807) is 22.9 Å². The fourth-order valence-electron chi connectivity index (χ4n) is 2.84. The van der Waals surface area contributed by atoms with Crippen LogP contribution in [0, 0.1) is 0 Å². The van der Waals surface area contributed by atoms with E-state index in [0.29, 0.717) is 31.6 Å². The lowest BCUT2D eigenvalue weighted by molar-refractivity contribution is -0.120. The second-order valence-electron chi connectivity index (χ2n) is 5.48. The molecule has 2 aromatic rings. The average molecular weight is 316 g/mol. The van der Waals surface area contributed by atoms with Gasteiger partial charge in [0.2, 0.25) is 0 Å². The van der Waals surface area contributed by atoms with Gasteiger partial charge in [0.1, 0.15) is 11.8 Å². The molecule has 0 bridgehead atoms. The van der Waals surface area contributed by atoms with E-state index in [2.05, 4.69) is 10.3 Å². The SMILES string of the molecule is COc1ccccc1N1CCC(n2cc(CCCO)nn2)C1=O. The Kier molecular flexibility index (Phi) is 4.57. The zero-order valence-corrected chi connectivity index (χ0v) is 13.1. The largest absolute Gasteiger partial charge is 0.495 e. The zero-order valence-electron chi connectivity index (χ0n) is 13.1. The molecule has 0 spiro atoms. The third kappa shape index (κ3) is 3.05. The number of hydrogen-bond acceptors (Lipinski definition) is 5. The molecule has 1 atom stereocenters. The van der Waals surface area contributed by atoms with E-state index in [9.17, 15) is 4.79 Å². The zero-order chi connectivity index (χ0) is 16.2. The summed E-state index contributed by atoms with van der Waals surface area (Å²) in [6.45, 7) is 0.743. The monoisotopic (exact) mass is 316 g/mol. The number of rotatable bonds is 6. The Morgan fingerprint density at radius 1 is 1.39 bits per heavy atom. The first-order chi connectivity index (χ1) is 11.2. The van der Waals surface area contributed by atoms with Crippen molar-refractivity contribution in [1.29, 1.82) is 0 Å². The number of benzene rings is 1. The first-order valence-electron chi connectivity index (χ1n) is 7.70. The van der Waals surface area contributed by atoms with Crippen molar-refractivity contribution in [3.63, 3.8) is 0 Å². The second kappa shape index (κ2) is 6.78. The molecule has 1 amide bonds. The minimum atomic E-state index is -0.338. The van der Waals surface area contributed by atoms with E-state index in [1.165, 1.54) is 0 Å². The van der Waals surface area contributed by atoms with Gasteiger partial charge in [-0.15, -0.1) is 5.10 Å². The number of aromatic nitrogens is 3. The molecule has 0 aliphatic carbocycles. The summed E-state index contributed by atoms with van der Waals surface area (Å²) in [6, 6.07) is 7.16. The standard InChI is InChI=1S/C16H20N4O3/c1-23-15-7-3-2-6-13(15)19-9-8-14(16(19)22)20-11-12(17-18-20)5-4-10-21/h2-3,6-7,11,14,21H,4-5,8-10H2,1H3. The van der Waals surface area contributed by atoms with Gasteiger partial charge in [0, 0.05) is 19.3 Å². The van der Waals surface area contributed by atoms with Crippen molar-refractivity contribution in [3.05, 3.63) is 36.2 Å². The molecule has 3 rings (SSSR count). The van der Waals surface area contributed by atoms with Crippen molar-refractivity contribution in [2.75, 3.05) is 25.2 Å². The van der Waals surface area contributed by atoms with Crippen LogP contribution >= 0.6 is 0 Å². The molecule has 7 heteroatoms. The molecule has 1 N–H and O–H groups in total. The van der Waals surface area contributed by atoms with Crippen LogP contribution in [-0.2, 0) is 11.2 Å². The summed E-state index contributed by atoms with van der Waals surface area (Å²) in [5, 5.41) is 17.0. The maximum atomic E-state index is 12.7. The van der Waals surface area contributed by atoms with Crippen LogP contribution in [0.2, 0.25) is 0 Å². The summed E-state index contributed by atoms with van der Waals surface area (Å²) in [7, 11) is 1.60. The molecule has 1 unspecified atom stereocenters. The quantitative estimate of drug-likeness (QED) is 0.866. The molecule has 1 aromatic carbocycles. The van der Waals surface area contributed by atoms with E-state index in [1.807, 2.05) is 24.3 Å². The third-order valence-electron chi connectivity index (χ3n) is 4.02. The Labute approximate surface area is 134 Å². The van der Waals surface area contributed by atoms with Crippen molar-refractivity contribution >= 4 is 11.6 Å². The van der Waals surface area contributed by atoms with Gasteiger partial charge in [-0.05, 0) is 31.4 Å². The molecular formula is C16H20N4O3. The molecule has 1 aliphatic heterocycles. The highest BCUT2D eigenvalue weighted by atomic mass is 16.5. The fourth-order valence-corrected chi connectivity index (χ4v) is 2.84. The van der Waals surface area contributed by atoms with Crippen molar-refractivity contribution in [2.24, 2.45) is 0 Å². The first-order valence-corrected chi connectivity index (χ1v) is 7.70. The Bertz CT molecular complexity index is 685. The van der Waals surface area contributed by atoms with Crippen LogP contribution in [-0.4, -0.2) is 46.3 Å². The Hall–Kier alpha value is -2.41. The van der Waals surface area contributed by atoms with Gasteiger partial charge in [0.15, 0.2) is 0 Å². The minimum Gasteiger partial charge on any atom is -0.495 e. The van der Waals surface area contributed by atoms with E-state index in [0.717, 1.165) is 11.4 Å². The number of anilines is 1. The van der Waals surface area contributed by atoms with Crippen LogP contribution in [0.25, 0.3) is 0 Å². The van der Waals surface area contributed by atoms with Gasteiger partial charge in [-0.2, -0.15) is 0 Å². The Morgan fingerprint density at radius 2 is 2.22 bits per heavy atom. The van der Waals surface area contributed by atoms with Crippen LogP contribution in [0.4, 0.5) is 5.69 Å². The van der Waals surface area contributed by atoms with Crippen LogP contribution in [0.5, 0.6) is 5.75 Å². The summed E-state index contributed by atoms with van der Waals surface area (Å²) >= 11 is 0. The predicted molar refractivity (Wildman–Crippen MR) is 84.4 cm³/mol. The Morgan fingerprint density at radius 3 is 3.00 bits per heavy atom. The summed E-state index contributed by atoms with van der Waals surface area (Å²) in [4.78, 5) is 14.5. The highest BCUT2D eigenvalue weighted by Gasteiger charge is 2.35. The molecule has 23 heavy (non-hydrogen) atoms. The lowest BCUT2D eigenvalue weighted by Gasteiger charge is -2.19. The van der Waals surface area contributed by atoms with Crippen LogP contribution in [0.15, 0.2) is 30.5 Å². The molecule has 0 saturated carbocycles. The van der Waals surface area contributed by atoms with Crippen molar-refractivity contribution < 1.29 is 14.6 Å². The highest BCUT2D eigenvalue weighted by Crippen LogP contribution is 2.34. The number of aliphatic hydroxyl groups is 1. The topological polar surface area (TPSA) is 80.5 Å². The molecule has 1 saturated heterocycles. The predicted octanol–water partition coefficient (Wildman–Crippen LogP) is 1.19. The lowest BCUT2D eigenvalue weighted by Crippen LogP contribution is -2.28. The number of methoxy groups -OCH3 is 1. The highest BCUT2D eigenvalue weighted by molar-refractivity contribution is 5.99. The van der Waals surface area contributed by atoms with Gasteiger partial charge in [-0.25, -0.2) is 4.68 Å². The van der Waals surface area contributed by atoms with E-state index >= 15 is 0 Å². The first kappa shape index (κ1) is 15.5.